The standard InChI is InChI=1S/C25H36N4O/c1-3-8-21(9-4-1)20-27-25(26-16-13-24-12-7-19-30-24)28-22-14-17-29(18-15-22)23-10-5-2-6-11-23/h1,3-4,7-9,12,19,22-23H,2,5-6,10-11,13-18,20H2,(H2,26,27,28). The number of nitrogens with one attached hydrogen (secondary N) is 2. The smallest absolute Gasteiger partial charge is 0.191 e. The second kappa shape index (κ2) is 11.2. The van der Waals surface area contributed by atoms with Crippen molar-refractivity contribution in [1.29, 1.82) is 0 Å². The molecule has 2 N–H and O–H groups in total. The van der Waals surface area contributed by atoms with E-state index < -0.39 is 0 Å². The van der Waals surface area contributed by atoms with Gasteiger partial charge in [-0.05, 0) is 43.4 Å². The van der Waals surface area contributed by atoms with Gasteiger partial charge in [-0.15, -0.1) is 0 Å². The first-order chi connectivity index (χ1) is 14.9. The summed E-state index contributed by atoms with van der Waals surface area (Å²) in [5.74, 6) is 1.92. The average molecular weight is 409 g/mol. The van der Waals surface area contributed by atoms with Gasteiger partial charge in [0.05, 0.1) is 12.8 Å². The Morgan fingerprint density at radius 3 is 2.50 bits per heavy atom. The van der Waals surface area contributed by atoms with Gasteiger partial charge in [0.25, 0.3) is 0 Å². The molecule has 2 heterocycles. The summed E-state index contributed by atoms with van der Waals surface area (Å²) in [5, 5.41) is 7.23. The average Bonchev–Trinajstić information content (AvgIpc) is 3.33. The molecule has 0 amide bonds. The first-order valence-corrected chi connectivity index (χ1v) is 11.7. The third-order valence-corrected chi connectivity index (χ3v) is 6.47. The van der Waals surface area contributed by atoms with E-state index in [0.717, 1.165) is 30.7 Å². The van der Waals surface area contributed by atoms with Crippen molar-refractivity contribution in [3.63, 3.8) is 0 Å². The lowest BCUT2D eigenvalue weighted by atomic mass is 9.92. The lowest BCUT2D eigenvalue weighted by Gasteiger charge is -2.39. The highest BCUT2D eigenvalue weighted by Crippen LogP contribution is 2.25. The molecule has 0 atom stereocenters. The Hall–Kier alpha value is -2.27. The molecule has 162 valence electrons. The summed E-state index contributed by atoms with van der Waals surface area (Å²) in [5.41, 5.74) is 1.23. The zero-order valence-corrected chi connectivity index (χ0v) is 18.1. The summed E-state index contributed by atoms with van der Waals surface area (Å²) in [6.07, 6.45) is 12.0. The number of nitrogens with zero attached hydrogens (tertiary/aromatic N) is 2. The predicted octanol–water partition coefficient (Wildman–Crippen LogP) is 4.35. The van der Waals surface area contributed by atoms with Crippen LogP contribution < -0.4 is 10.6 Å². The van der Waals surface area contributed by atoms with Gasteiger partial charge < -0.3 is 20.0 Å². The molecule has 0 radical (unpaired) electrons. The number of hydrogen-bond acceptors (Lipinski definition) is 3. The number of hydrogen-bond donors (Lipinski definition) is 2. The second-order valence-corrected chi connectivity index (χ2v) is 8.65. The van der Waals surface area contributed by atoms with Gasteiger partial charge in [-0.3, -0.25) is 0 Å². The molecule has 1 aromatic heterocycles. The Labute approximate surface area is 181 Å². The van der Waals surface area contributed by atoms with Crippen LogP contribution >= 0.6 is 0 Å². The molecule has 0 unspecified atom stereocenters. The Morgan fingerprint density at radius 1 is 0.967 bits per heavy atom. The van der Waals surface area contributed by atoms with Crippen molar-refractivity contribution in [2.45, 2.75) is 70.0 Å². The molecule has 1 aliphatic carbocycles. The first-order valence-electron chi connectivity index (χ1n) is 11.7. The van der Waals surface area contributed by atoms with Gasteiger partial charge in [0.2, 0.25) is 0 Å². The predicted molar refractivity (Wildman–Crippen MR) is 123 cm³/mol. The normalized spacial score (nSPS) is 19.7. The molecule has 1 saturated heterocycles. The van der Waals surface area contributed by atoms with E-state index in [1.807, 2.05) is 18.2 Å². The van der Waals surface area contributed by atoms with Crippen LogP contribution in [-0.4, -0.2) is 42.6 Å². The topological polar surface area (TPSA) is 52.8 Å². The Balaban J connectivity index is 1.29. The minimum Gasteiger partial charge on any atom is -0.469 e. The maximum absolute atomic E-state index is 5.46. The van der Waals surface area contributed by atoms with Gasteiger partial charge in [0.1, 0.15) is 5.76 Å². The molecule has 0 spiro atoms. The number of guanidine groups is 1. The number of likely N-dealkylation sites (tertiary alicyclic amines) is 1. The third kappa shape index (κ3) is 6.36. The molecule has 1 saturated carbocycles. The molecule has 5 nitrogen and oxygen atoms in total. The van der Waals surface area contributed by atoms with E-state index in [9.17, 15) is 0 Å². The number of benzene rings is 1. The molecule has 4 rings (SSSR count). The summed E-state index contributed by atoms with van der Waals surface area (Å²) in [7, 11) is 0. The maximum atomic E-state index is 5.46. The molecule has 5 heteroatoms. The molecule has 0 bridgehead atoms. The minimum absolute atomic E-state index is 0.496. The first kappa shape index (κ1) is 21.0. The highest BCUT2D eigenvalue weighted by Gasteiger charge is 2.26. The SMILES string of the molecule is c1ccc(CN=C(NCCc2ccco2)NC2CCN(C3CCCCC3)CC2)cc1. The zero-order valence-electron chi connectivity index (χ0n) is 18.1. The fourth-order valence-corrected chi connectivity index (χ4v) is 4.71. The molecule has 2 aliphatic rings. The van der Waals surface area contributed by atoms with E-state index in [1.54, 1.807) is 6.26 Å². The van der Waals surface area contributed by atoms with Crippen LogP contribution in [0.1, 0.15) is 56.3 Å². The lowest BCUT2D eigenvalue weighted by molar-refractivity contribution is 0.119. The Bertz CT molecular complexity index is 745. The molecule has 2 aromatic rings. The summed E-state index contributed by atoms with van der Waals surface area (Å²) in [4.78, 5) is 7.60. The molecular weight excluding hydrogens is 372 g/mol. The van der Waals surface area contributed by atoms with E-state index in [2.05, 4.69) is 39.8 Å². The van der Waals surface area contributed by atoms with Crippen molar-refractivity contribution in [3.05, 3.63) is 60.1 Å². The van der Waals surface area contributed by atoms with E-state index in [4.69, 9.17) is 9.41 Å². The van der Waals surface area contributed by atoms with Crippen LogP contribution in [0.15, 0.2) is 58.1 Å². The van der Waals surface area contributed by atoms with Gasteiger partial charge in [-0.25, -0.2) is 4.99 Å². The van der Waals surface area contributed by atoms with Crippen molar-refractivity contribution in [2.75, 3.05) is 19.6 Å². The maximum Gasteiger partial charge on any atom is 0.191 e. The van der Waals surface area contributed by atoms with Crippen LogP contribution in [0.4, 0.5) is 0 Å². The van der Waals surface area contributed by atoms with Crippen molar-refractivity contribution in [2.24, 2.45) is 4.99 Å². The summed E-state index contributed by atoms with van der Waals surface area (Å²) in [6, 6.07) is 15.8. The van der Waals surface area contributed by atoms with Crippen LogP contribution in [0.5, 0.6) is 0 Å². The number of piperidine rings is 1. The van der Waals surface area contributed by atoms with Crippen LogP contribution in [0.3, 0.4) is 0 Å². The zero-order chi connectivity index (χ0) is 20.4. The van der Waals surface area contributed by atoms with Crippen LogP contribution in [0.25, 0.3) is 0 Å². The van der Waals surface area contributed by atoms with Gasteiger partial charge in [0, 0.05) is 38.1 Å². The van der Waals surface area contributed by atoms with Crippen molar-refractivity contribution in [1.82, 2.24) is 15.5 Å². The van der Waals surface area contributed by atoms with Crippen molar-refractivity contribution < 1.29 is 4.42 Å². The quantitative estimate of drug-likeness (QED) is 0.528. The third-order valence-electron chi connectivity index (χ3n) is 6.47. The van der Waals surface area contributed by atoms with E-state index in [0.29, 0.717) is 12.6 Å². The fourth-order valence-electron chi connectivity index (χ4n) is 4.71. The van der Waals surface area contributed by atoms with E-state index in [-0.39, 0.29) is 0 Å². The number of aliphatic imine (C=N–C) groups is 1. The highest BCUT2D eigenvalue weighted by molar-refractivity contribution is 5.80. The van der Waals surface area contributed by atoms with Crippen LogP contribution in [-0.2, 0) is 13.0 Å². The Morgan fingerprint density at radius 2 is 1.77 bits per heavy atom. The van der Waals surface area contributed by atoms with Gasteiger partial charge in [-0.1, -0.05) is 49.6 Å². The van der Waals surface area contributed by atoms with Gasteiger partial charge in [0.15, 0.2) is 5.96 Å². The van der Waals surface area contributed by atoms with Crippen LogP contribution in [0.2, 0.25) is 0 Å². The van der Waals surface area contributed by atoms with Gasteiger partial charge in [-0.2, -0.15) is 0 Å². The summed E-state index contributed by atoms with van der Waals surface area (Å²) in [6.45, 7) is 3.92. The molecule has 30 heavy (non-hydrogen) atoms. The molecular formula is C25H36N4O. The van der Waals surface area contributed by atoms with Crippen molar-refractivity contribution >= 4 is 5.96 Å². The molecule has 2 fully saturated rings. The largest absolute Gasteiger partial charge is 0.469 e. The van der Waals surface area contributed by atoms with Gasteiger partial charge >= 0.3 is 0 Å². The summed E-state index contributed by atoms with van der Waals surface area (Å²) >= 11 is 0. The minimum atomic E-state index is 0.496. The molecule has 1 aliphatic heterocycles. The summed E-state index contributed by atoms with van der Waals surface area (Å²) < 4.78 is 5.46. The monoisotopic (exact) mass is 408 g/mol. The fraction of sp³-hybridized carbons (Fsp3) is 0.560. The van der Waals surface area contributed by atoms with Crippen LogP contribution in [0, 0.1) is 0 Å². The van der Waals surface area contributed by atoms with Crippen molar-refractivity contribution in [3.8, 4) is 0 Å². The Kier molecular flexibility index (Phi) is 7.84. The second-order valence-electron chi connectivity index (χ2n) is 8.65. The number of rotatable bonds is 7. The van der Waals surface area contributed by atoms with E-state index >= 15 is 0 Å². The highest BCUT2D eigenvalue weighted by atomic mass is 16.3. The molecule has 1 aromatic carbocycles. The number of furan rings is 1. The van der Waals surface area contributed by atoms with E-state index in [1.165, 1.54) is 63.6 Å². The lowest BCUT2D eigenvalue weighted by Crippen LogP contribution is -2.51.